The number of carbonyl (C=O) groups is 3. The molecule has 2 heterocycles. The zero-order valence-electron chi connectivity index (χ0n) is 17.3. The maximum Gasteiger partial charge on any atom is 0.407 e. The summed E-state index contributed by atoms with van der Waals surface area (Å²) < 4.78 is 5.70. The fourth-order valence-electron chi connectivity index (χ4n) is 3.98. The van der Waals surface area contributed by atoms with E-state index in [1.54, 1.807) is 11.0 Å². The molecule has 1 aromatic rings. The molecule has 2 fully saturated rings. The Morgan fingerprint density at radius 3 is 2.66 bits per heavy atom. The van der Waals surface area contributed by atoms with Crippen LogP contribution in [-0.2, 0) is 9.53 Å². The molecule has 29 heavy (non-hydrogen) atoms. The molecule has 0 spiro atoms. The van der Waals surface area contributed by atoms with Crippen LogP contribution in [0, 0.1) is 5.92 Å². The molecule has 1 aliphatic carbocycles. The van der Waals surface area contributed by atoms with E-state index in [-0.39, 0.29) is 36.9 Å². The van der Waals surface area contributed by atoms with Gasteiger partial charge in [0.05, 0.1) is 18.0 Å². The second-order valence-electron chi connectivity index (χ2n) is 8.36. The van der Waals surface area contributed by atoms with Crippen LogP contribution in [0.2, 0.25) is 0 Å². The Labute approximate surface area is 176 Å². The number of ether oxygens (including phenoxy) is 1. The van der Waals surface area contributed by atoms with E-state index >= 15 is 0 Å². The number of hydrogen-bond acceptors (Lipinski definition) is 5. The number of nitrogens with zero attached hydrogens (tertiary/aromatic N) is 2. The molecular weight excluding hydrogens is 390 g/mol. The molecule has 0 radical (unpaired) electrons. The van der Waals surface area contributed by atoms with E-state index in [2.05, 4.69) is 5.32 Å². The van der Waals surface area contributed by atoms with Gasteiger partial charge < -0.3 is 19.9 Å². The number of hydrogen-bond donors (Lipinski definition) is 1. The molecule has 3 rings (SSSR count). The lowest BCUT2D eigenvalue weighted by Crippen LogP contribution is -2.44. The molecule has 8 heteroatoms. The van der Waals surface area contributed by atoms with Crippen LogP contribution in [0.25, 0.3) is 0 Å². The van der Waals surface area contributed by atoms with Crippen molar-refractivity contribution in [3.8, 4) is 0 Å². The van der Waals surface area contributed by atoms with Gasteiger partial charge in [-0.15, -0.1) is 11.3 Å². The fraction of sp³-hybridized carbons (Fsp3) is 0.667. The highest BCUT2D eigenvalue weighted by molar-refractivity contribution is 7.12. The van der Waals surface area contributed by atoms with Gasteiger partial charge in [0.2, 0.25) is 5.91 Å². The lowest BCUT2D eigenvalue weighted by atomic mass is 9.96. The summed E-state index contributed by atoms with van der Waals surface area (Å²) in [7, 11) is 0. The third-order valence-electron chi connectivity index (χ3n) is 5.33. The van der Waals surface area contributed by atoms with E-state index in [1.807, 2.05) is 25.3 Å². The van der Waals surface area contributed by atoms with E-state index in [9.17, 15) is 14.4 Å². The number of thiophene rings is 1. The van der Waals surface area contributed by atoms with Gasteiger partial charge in [0.1, 0.15) is 12.6 Å². The Hall–Kier alpha value is -2.09. The minimum absolute atomic E-state index is 0.00750. The highest BCUT2D eigenvalue weighted by Crippen LogP contribution is 2.19. The van der Waals surface area contributed by atoms with Crippen LogP contribution in [0.3, 0.4) is 0 Å². The van der Waals surface area contributed by atoms with E-state index in [0.717, 1.165) is 25.7 Å². The van der Waals surface area contributed by atoms with Crippen molar-refractivity contribution in [2.75, 3.05) is 26.2 Å². The summed E-state index contributed by atoms with van der Waals surface area (Å²) in [5, 5.41) is 4.80. The Bertz CT molecular complexity index is 701. The molecular formula is C21H31N3O4S. The Balaban J connectivity index is 1.68. The van der Waals surface area contributed by atoms with E-state index < -0.39 is 12.2 Å². The van der Waals surface area contributed by atoms with Gasteiger partial charge in [-0.2, -0.15) is 0 Å². The number of nitrogens with one attached hydrogen (secondary N) is 1. The van der Waals surface area contributed by atoms with Gasteiger partial charge in [-0.1, -0.05) is 39.2 Å². The molecule has 1 saturated carbocycles. The molecule has 1 aromatic heterocycles. The summed E-state index contributed by atoms with van der Waals surface area (Å²) in [5.74, 6) is -0.0151. The first kappa shape index (κ1) is 21.6. The standard InChI is InChI=1S/C21H31N3O4S/c1-15(2)11-23-12-17(28-21(27)22-16-7-4-3-5-8-16)13-24(14-19(23)25)20(26)18-9-6-10-29-18/h6,9-10,15-17H,3-5,7-8,11-14H2,1-2H3,(H,22,27). The zero-order chi connectivity index (χ0) is 20.8. The molecule has 0 bridgehead atoms. The predicted octanol–water partition coefficient (Wildman–Crippen LogP) is 3.12. The van der Waals surface area contributed by atoms with Gasteiger partial charge >= 0.3 is 6.09 Å². The lowest BCUT2D eigenvalue weighted by Gasteiger charge is -2.27. The summed E-state index contributed by atoms with van der Waals surface area (Å²) in [6.07, 6.45) is 4.39. The predicted molar refractivity (Wildman–Crippen MR) is 112 cm³/mol. The van der Waals surface area contributed by atoms with Gasteiger partial charge in [-0.05, 0) is 30.2 Å². The largest absolute Gasteiger partial charge is 0.442 e. The maximum absolute atomic E-state index is 12.8. The van der Waals surface area contributed by atoms with Crippen LogP contribution in [-0.4, -0.2) is 66.0 Å². The smallest absolute Gasteiger partial charge is 0.407 e. The van der Waals surface area contributed by atoms with Gasteiger partial charge in [0.15, 0.2) is 0 Å². The lowest BCUT2D eigenvalue weighted by molar-refractivity contribution is -0.131. The van der Waals surface area contributed by atoms with Gasteiger partial charge in [0, 0.05) is 12.6 Å². The molecule has 1 saturated heterocycles. The fourth-order valence-corrected chi connectivity index (χ4v) is 4.67. The molecule has 1 unspecified atom stereocenters. The Morgan fingerprint density at radius 1 is 1.24 bits per heavy atom. The second-order valence-corrected chi connectivity index (χ2v) is 9.31. The topological polar surface area (TPSA) is 79.0 Å². The van der Waals surface area contributed by atoms with Crippen molar-refractivity contribution in [1.82, 2.24) is 15.1 Å². The second kappa shape index (κ2) is 10.1. The molecule has 160 valence electrons. The monoisotopic (exact) mass is 421 g/mol. The van der Waals surface area contributed by atoms with Gasteiger partial charge in [0.25, 0.3) is 5.91 Å². The summed E-state index contributed by atoms with van der Waals surface area (Å²) in [5.41, 5.74) is 0. The summed E-state index contributed by atoms with van der Waals surface area (Å²) in [4.78, 5) is 41.9. The number of alkyl carbamates (subject to hydrolysis) is 1. The van der Waals surface area contributed by atoms with Crippen LogP contribution < -0.4 is 5.32 Å². The summed E-state index contributed by atoms with van der Waals surface area (Å²) in [6.45, 7) is 5.19. The quantitative estimate of drug-likeness (QED) is 0.792. The first-order chi connectivity index (χ1) is 13.9. The maximum atomic E-state index is 12.8. The van der Waals surface area contributed by atoms with Crippen molar-refractivity contribution in [3.05, 3.63) is 22.4 Å². The van der Waals surface area contributed by atoms with Crippen LogP contribution in [0.4, 0.5) is 4.79 Å². The van der Waals surface area contributed by atoms with Crippen molar-refractivity contribution >= 4 is 29.2 Å². The third kappa shape index (κ3) is 6.19. The molecule has 1 N–H and O–H groups in total. The van der Waals surface area contributed by atoms with Crippen LogP contribution in [0.1, 0.15) is 55.6 Å². The summed E-state index contributed by atoms with van der Waals surface area (Å²) in [6, 6.07) is 3.72. The molecule has 1 atom stereocenters. The van der Waals surface area contributed by atoms with E-state index in [4.69, 9.17) is 4.74 Å². The molecule has 3 amide bonds. The van der Waals surface area contributed by atoms with Crippen molar-refractivity contribution in [3.63, 3.8) is 0 Å². The normalized spacial score (nSPS) is 21.2. The van der Waals surface area contributed by atoms with Gasteiger partial charge in [-0.25, -0.2) is 4.79 Å². The first-order valence-electron chi connectivity index (χ1n) is 10.5. The molecule has 0 aromatic carbocycles. The van der Waals surface area contributed by atoms with Crippen molar-refractivity contribution < 1.29 is 19.1 Å². The highest BCUT2D eigenvalue weighted by Gasteiger charge is 2.33. The molecule has 7 nitrogen and oxygen atoms in total. The zero-order valence-corrected chi connectivity index (χ0v) is 18.1. The Morgan fingerprint density at radius 2 is 2.00 bits per heavy atom. The average Bonchev–Trinajstić information content (AvgIpc) is 3.16. The minimum Gasteiger partial charge on any atom is -0.442 e. The SMILES string of the molecule is CC(C)CN1CC(OC(=O)NC2CCCCC2)CN(C(=O)c2cccs2)CC1=O. The van der Waals surface area contributed by atoms with Crippen LogP contribution in [0.15, 0.2) is 17.5 Å². The number of rotatable bonds is 5. The average molecular weight is 422 g/mol. The highest BCUT2D eigenvalue weighted by atomic mass is 32.1. The van der Waals surface area contributed by atoms with E-state index in [1.165, 1.54) is 22.7 Å². The number of amides is 3. The van der Waals surface area contributed by atoms with Crippen LogP contribution >= 0.6 is 11.3 Å². The van der Waals surface area contributed by atoms with E-state index in [0.29, 0.717) is 18.0 Å². The minimum atomic E-state index is -0.548. The van der Waals surface area contributed by atoms with Crippen molar-refractivity contribution in [1.29, 1.82) is 0 Å². The summed E-state index contributed by atoms with van der Waals surface area (Å²) >= 11 is 1.35. The Kier molecular flexibility index (Phi) is 7.52. The molecule has 2 aliphatic rings. The number of carbonyl (C=O) groups excluding carboxylic acids is 3. The van der Waals surface area contributed by atoms with Crippen molar-refractivity contribution in [2.45, 2.75) is 58.1 Å². The van der Waals surface area contributed by atoms with Crippen molar-refractivity contribution in [2.24, 2.45) is 5.92 Å². The van der Waals surface area contributed by atoms with Crippen LogP contribution in [0.5, 0.6) is 0 Å². The first-order valence-corrected chi connectivity index (χ1v) is 11.4. The molecule has 1 aliphatic heterocycles. The van der Waals surface area contributed by atoms with Gasteiger partial charge in [-0.3, -0.25) is 9.59 Å². The third-order valence-corrected chi connectivity index (χ3v) is 6.19.